The molecule has 0 aromatic heterocycles. The summed E-state index contributed by atoms with van der Waals surface area (Å²) in [5.41, 5.74) is 0. The summed E-state index contributed by atoms with van der Waals surface area (Å²) in [7, 11) is 0. The van der Waals surface area contributed by atoms with Gasteiger partial charge in [-0.15, -0.1) is 0 Å². The van der Waals surface area contributed by atoms with Crippen LogP contribution in [0.4, 0.5) is 0 Å². The second-order valence-electron chi connectivity index (χ2n) is 19.4. The first-order chi connectivity index (χ1) is 29.3. The highest BCUT2D eigenvalue weighted by Crippen LogP contribution is 2.17. The largest absolute Gasteiger partial charge is 0.303 e. The molecule has 0 N–H and O–H groups in total. The van der Waals surface area contributed by atoms with Gasteiger partial charge in [-0.25, -0.2) is 0 Å². The standard InChI is InChI=1S/C58H115N/c1-4-7-10-13-16-19-22-25-28-31-32-33-34-37-40-43-46-49-52-55-58-59(56-53-50-47-44-41-38-35-29-26-23-20-17-14-11-8-5-2)57-54-51-48-45-42-39-36-30-27-24-21-18-15-12-9-6-3/h26-27,29-30H,4-25,28,31-58H2,1-3H3/b29-26-,30-27-. The molecule has 59 heavy (non-hydrogen) atoms. The SMILES string of the molecule is CCCCCCCC/C=C\CCCCCCCCN(CCCCCCCC/C=C\CCCCCCCC)CCCCCCCCCCCCCCCCCCCCCC. The first kappa shape index (κ1) is 58.4. The monoisotopic (exact) mass is 826 g/mol. The van der Waals surface area contributed by atoms with E-state index in [9.17, 15) is 0 Å². The highest BCUT2D eigenvalue weighted by atomic mass is 15.1. The van der Waals surface area contributed by atoms with Gasteiger partial charge in [0.1, 0.15) is 0 Å². The second-order valence-corrected chi connectivity index (χ2v) is 19.4. The van der Waals surface area contributed by atoms with E-state index in [-0.39, 0.29) is 0 Å². The summed E-state index contributed by atoms with van der Waals surface area (Å²) in [5, 5.41) is 0. The summed E-state index contributed by atoms with van der Waals surface area (Å²) in [6, 6.07) is 0. The Kier molecular flexibility index (Phi) is 54.9. The van der Waals surface area contributed by atoms with Gasteiger partial charge >= 0.3 is 0 Å². The van der Waals surface area contributed by atoms with E-state index in [4.69, 9.17) is 0 Å². The smallest absolute Gasteiger partial charge is 0.00187 e. The van der Waals surface area contributed by atoms with Gasteiger partial charge in [0.05, 0.1) is 0 Å². The predicted molar refractivity (Wildman–Crippen MR) is 273 cm³/mol. The molecule has 0 aromatic carbocycles. The quantitative estimate of drug-likeness (QED) is 0.0436. The molecular formula is C58H115N. The first-order valence-electron chi connectivity index (χ1n) is 28.4. The summed E-state index contributed by atoms with van der Waals surface area (Å²) in [4.78, 5) is 2.87. The molecule has 0 aliphatic heterocycles. The Balaban J connectivity index is 4.00. The van der Waals surface area contributed by atoms with Crippen LogP contribution < -0.4 is 0 Å². The lowest BCUT2D eigenvalue weighted by molar-refractivity contribution is 0.254. The number of unbranched alkanes of at least 4 members (excludes halogenated alkanes) is 43. The Hall–Kier alpha value is -0.560. The van der Waals surface area contributed by atoms with Crippen LogP contribution in [0.5, 0.6) is 0 Å². The average Bonchev–Trinajstić information content (AvgIpc) is 3.25. The lowest BCUT2D eigenvalue weighted by atomic mass is 10.0. The van der Waals surface area contributed by atoms with Gasteiger partial charge in [-0.05, 0) is 90.3 Å². The fourth-order valence-corrected chi connectivity index (χ4v) is 9.09. The van der Waals surface area contributed by atoms with Gasteiger partial charge in [-0.2, -0.15) is 0 Å². The van der Waals surface area contributed by atoms with E-state index < -0.39 is 0 Å². The summed E-state index contributed by atoms with van der Waals surface area (Å²) in [6.07, 6.45) is 78.6. The van der Waals surface area contributed by atoms with Gasteiger partial charge in [-0.1, -0.05) is 283 Å². The minimum Gasteiger partial charge on any atom is -0.303 e. The van der Waals surface area contributed by atoms with Crippen molar-refractivity contribution in [3.8, 4) is 0 Å². The van der Waals surface area contributed by atoms with Crippen LogP contribution >= 0.6 is 0 Å². The maximum absolute atomic E-state index is 2.87. The Morgan fingerprint density at radius 3 is 0.525 bits per heavy atom. The van der Waals surface area contributed by atoms with Gasteiger partial charge in [0.2, 0.25) is 0 Å². The molecule has 1 nitrogen and oxygen atoms in total. The van der Waals surface area contributed by atoms with Crippen LogP contribution in [0.15, 0.2) is 24.3 Å². The van der Waals surface area contributed by atoms with E-state index in [0.29, 0.717) is 0 Å². The Morgan fingerprint density at radius 2 is 0.339 bits per heavy atom. The molecule has 0 atom stereocenters. The Labute approximate surface area is 376 Å². The average molecular weight is 827 g/mol. The van der Waals surface area contributed by atoms with Gasteiger partial charge in [-0.3, -0.25) is 0 Å². The van der Waals surface area contributed by atoms with Crippen LogP contribution in [0.2, 0.25) is 0 Å². The zero-order chi connectivity index (χ0) is 42.5. The number of nitrogens with zero attached hydrogens (tertiary/aromatic N) is 1. The van der Waals surface area contributed by atoms with Crippen LogP contribution in [-0.4, -0.2) is 24.5 Å². The normalized spacial score (nSPS) is 12.1. The third-order valence-corrected chi connectivity index (χ3v) is 13.3. The van der Waals surface area contributed by atoms with Gasteiger partial charge in [0.15, 0.2) is 0 Å². The molecule has 0 fully saturated rings. The van der Waals surface area contributed by atoms with Crippen molar-refractivity contribution in [3.63, 3.8) is 0 Å². The Bertz CT molecular complexity index is 725. The van der Waals surface area contributed by atoms with E-state index in [1.165, 1.54) is 328 Å². The molecule has 0 saturated heterocycles. The van der Waals surface area contributed by atoms with Crippen LogP contribution in [0.3, 0.4) is 0 Å². The van der Waals surface area contributed by atoms with E-state index in [2.05, 4.69) is 50.0 Å². The van der Waals surface area contributed by atoms with Crippen LogP contribution in [-0.2, 0) is 0 Å². The highest BCUT2D eigenvalue weighted by Gasteiger charge is 2.05. The Morgan fingerprint density at radius 1 is 0.186 bits per heavy atom. The van der Waals surface area contributed by atoms with Crippen molar-refractivity contribution in [2.24, 2.45) is 0 Å². The summed E-state index contributed by atoms with van der Waals surface area (Å²) >= 11 is 0. The molecular weight excluding hydrogens is 711 g/mol. The topological polar surface area (TPSA) is 3.24 Å². The van der Waals surface area contributed by atoms with E-state index >= 15 is 0 Å². The molecule has 0 spiro atoms. The number of allylic oxidation sites excluding steroid dienone is 4. The van der Waals surface area contributed by atoms with Crippen molar-refractivity contribution in [1.82, 2.24) is 4.90 Å². The van der Waals surface area contributed by atoms with Crippen molar-refractivity contribution in [3.05, 3.63) is 24.3 Å². The molecule has 1 heteroatoms. The summed E-state index contributed by atoms with van der Waals surface area (Å²) in [6.45, 7) is 11.0. The zero-order valence-electron chi connectivity index (χ0n) is 41.8. The molecule has 0 heterocycles. The van der Waals surface area contributed by atoms with Crippen LogP contribution in [0.25, 0.3) is 0 Å². The molecule has 0 bridgehead atoms. The molecule has 0 unspecified atom stereocenters. The van der Waals surface area contributed by atoms with Crippen LogP contribution in [0.1, 0.15) is 329 Å². The number of hydrogen-bond acceptors (Lipinski definition) is 1. The summed E-state index contributed by atoms with van der Waals surface area (Å²) < 4.78 is 0. The van der Waals surface area contributed by atoms with E-state index in [0.717, 1.165) is 0 Å². The maximum Gasteiger partial charge on any atom is -0.00187 e. The first-order valence-corrected chi connectivity index (χ1v) is 28.4. The van der Waals surface area contributed by atoms with Crippen molar-refractivity contribution in [2.45, 2.75) is 329 Å². The molecule has 0 aliphatic carbocycles. The number of rotatable bonds is 53. The van der Waals surface area contributed by atoms with E-state index in [1.54, 1.807) is 0 Å². The summed E-state index contributed by atoms with van der Waals surface area (Å²) in [5.74, 6) is 0. The second kappa shape index (κ2) is 55.5. The minimum atomic E-state index is 1.31. The molecule has 352 valence electrons. The van der Waals surface area contributed by atoms with Crippen molar-refractivity contribution in [2.75, 3.05) is 19.6 Å². The number of hydrogen-bond donors (Lipinski definition) is 0. The third kappa shape index (κ3) is 53.5. The highest BCUT2D eigenvalue weighted by molar-refractivity contribution is 4.82. The minimum absolute atomic E-state index is 1.31. The van der Waals surface area contributed by atoms with Gasteiger partial charge in [0.25, 0.3) is 0 Å². The van der Waals surface area contributed by atoms with Crippen molar-refractivity contribution < 1.29 is 0 Å². The molecule has 0 aliphatic rings. The van der Waals surface area contributed by atoms with E-state index in [1.807, 2.05) is 0 Å². The van der Waals surface area contributed by atoms with Crippen molar-refractivity contribution >= 4 is 0 Å². The van der Waals surface area contributed by atoms with Crippen LogP contribution in [0, 0.1) is 0 Å². The fraction of sp³-hybridized carbons (Fsp3) is 0.931. The molecule has 0 saturated carbocycles. The fourth-order valence-electron chi connectivity index (χ4n) is 9.09. The lowest BCUT2D eigenvalue weighted by Gasteiger charge is -2.22. The lowest BCUT2D eigenvalue weighted by Crippen LogP contribution is -2.27. The predicted octanol–water partition coefficient (Wildman–Crippen LogP) is 21.2. The zero-order valence-corrected chi connectivity index (χ0v) is 41.8. The molecule has 0 amide bonds. The third-order valence-electron chi connectivity index (χ3n) is 13.3. The molecule has 0 radical (unpaired) electrons. The van der Waals surface area contributed by atoms with Gasteiger partial charge in [0, 0.05) is 0 Å². The molecule has 0 rings (SSSR count). The van der Waals surface area contributed by atoms with Gasteiger partial charge < -0.3 is 4.90 Å². The van der Waals surface area contributed by atoms with Crippen molar-refractivity contribution in [1.29, 1.82) is 0 Å². The molecule has 0 aromatic rings. The maximum atomic E-state index is 2.87.